The van der Waals surface area contributed by atoms with Crippen LogP contribution >= 0.6 is 0 Å². The fourth-order valence-corrected chi connectivity index (χ4v) is 4.09. The van der Waals surface area contributed by atoms with E-state index < -0.39 is 12.2 Å². The highest BCUT2D eigenvalue weighted by Crippen LogP contribution is 2.29. The van der Waals surface area contributed by atoms with Crippen LogP contribution in [0.15, 0.2) is 53.0 Å². The van der Waals surface area contributed by atoms with E-state index in [0.29, 0.717) is 31.5 Å². The largest absolute Gasteiger partial charge is 0.490 e. The Bertz CT molecular complexity index is 1160. The van der Waals surface area contributed by atoms with E-state index in [-0.39, 0.29) is 5.54 Å². The second-order valence-electron chi connectivity index (χ2n) is 10.9. The molecule has 0 bridgehead atoms. The Kier molecular flexibility index (Phi) is 10.4. The number of aliphatic hydroxyl groups excluding tert-OH is 2. The van der Waals surface area contributed by atoms with Gasteiger partial charge < -0.3 is 30.0 Å². The van der Waals surface area contributed by atoms with Gasteiger partial charge in [0, 0.05) is 35.6 Å². The van der Waals surface area contributed by atoms with Gasteiger partial charge in [-0.2, -0.15) is 0 Å². The normalized spacial score (nSPS) is 14.4. The third-order valence-corrected chi connectivity index (χ3v) is 6.15. The SMILES string of the molecule is CC(C)NCC(O)COc1cccc2c1C=CC2.CCc1cccc2cc(C(O)CNC(C)(C)C)oc12. The van der Waals surface area contributed by atoms with Gasteiger partial charge in [0.05, 0.1) is 0 Å². The molecule has 37 heavy (non-hydrogen) atoms. The molecule has 0 amide bonds. The van der Waals surface area contributed by atoms with Crippen molar-refractivity contribution < 1.29 is 19.4 Å². The summed E-state index contributed by atoms with van der Waals surface area (Å²) in [7, 11) is 0. The summed E-state index contributed by atoms with van der Waals surface area (Å²) in [5, 5.41) is 27.5. The molecule has 6 heteroatoms. The lowest BCUT2D eigenvalue weighted by Crippen LogP contribution is -2.38. The number of nitrogens with one attached hydrogen (secondary N) is 2. The zero-order chi connectivity index (χ0) is 27.0. The van der Waals surface area contributed by atoms with Crippen molar-refractivity contribution in [3.05, 3.63) is 71.0 Å². The predicted octanol–water partition coefficient (Wildman–Crippen LogP) is 5.41. The van der Waals surface area contributed by atoms with Gasteiger partial charge in [0.1, 0.15) is 35.9 Å². The number of hydrogen-bond acceptors (Lipinski definition) is 6. The van der Waals surface area contributed by atoms with Gasteiger partial charge >= 0.3 is 0 Å². The Balaban J connectivity index is 0.000000206. The summed E-state index contributed by atoms with van der Waals surface area (Å²) in [6, 6.07) is 14.5. The molecular formula is C31H44N2O4. The maximum absolute atomic E-state index is 10.2. The third-order valence-electron chi connectivity index (χ3n) is 6.15. The van der Waals surface area contributed by atoms with Crippen LogP contribution in [0.1, 0.15) is 70.1 Å². The van der Waals surface area contributed by atoms with Crippen molar-refractivity contribution >= 4 is 17.0 Å². The van der Waals surface area contributed by atoms with Crippen LogP contribution in [0.2, 0.25) is 0 Å². The standard InChI is InChI=1S/C16H23NO2.C15H21NO2/c1-5-11-7-6-8-12-9-14(19-15(11)12)13(18)10-17-16(2,3)4;1-11(2)16-9-13(17)10-18-15-8-4-6-12-5-3-7-14(12)15/h6-9,13,17-18H,5,10H2,1-4H3;3-4,6-8,11,13,16-17H,5,9-10H2,1-2H3. The average molecular weight is 509 g/mol. The van der Waals surface area contributed by atoms with Gasteiger partial charge in [0.15, 0.2) is 0 Å². The molecule has 1 aliphatic rings. The highest BCUT2D eigenvalue weighted by atomic mass is 16.5. The fourth-order valence-electron chi connectivity index (χ4n) is 4.09. The first-order valence-corrected chi connectivity index (χ1v) is 13.3. The second-order valence-corrected chi connectivity index (χ2v) is 10.9. The lowest BCUT2D eigenvalue weighted by molar-refractivity contribution is 0.104. The molecule has 2 aromatic carbocycles. The highest BCUT2D eigenvalue weighted by Gasteiger charge is 2.18. The minimum atomic E-state index is -0.615. The number of ether oxygens (including phenoxy) is 1. The molecule has 3 aromatic rings. The van der Waals surface area contributed by atoms with Crippen LogP contribution in [0.3, 0.4) is 0 Å². The quantitative estimate of drug-likeness (QED) is 0.293. The zero-order valence-corrected chi connectivity index (χ0v) is 23.2. The van der Waals surface area contributed by atoms with Crippen LogP contribution in [-0.2, 0) is 12.8 Å². The topological polar surface area (TPSA) is 86.9 Å². The number of β-amino-alcohol motifs (C(OH)–C–C–N with tert-alkyl or cyclic N) is 1. The zero-order valence-electron chi connectivity index (χ0n) is 23.2. The van der Waals surface area contributed by atoms with E-state index in [1.54, 1.807) is 0 Å². The first kappa shape index (κ1) is 28.9. The lowest BCUT2D eigenvalue weighted by atomic mass is 10.1. The van der Waals surface area contributed by atoms with Crippen LogP contribution in [0, 0.1) is 0 Å². The van der Waals surface area contributed by atoms with Crippen LogP contribution in [0.25, 0.3) is 17.0 Å². The molecule has 202 valence electrons. The predicted molar refractivity (Wildman–Crippen MR) is 152 cm³/mol. The summed E-state index contributed by atoms with van der Waals surface area (Å²) in [6.07, 6.45) is 5.03. The van der Waals surface area contributed by atoms with E-state index in [9.17, 15) is 10.2 Å². The van der Waals surface area contributed by atoms with E-state index in [1.807, 2.05) is 30.3 Å². The monoisotopic (exact) mass is 508 g/mol. The van der Waals surface area contributed by atoms with Crippen LogP contribution in [-0.4, -0.2) is 47.6 Å². The Morgan fingerprint density at radius 3 is 2.51 bits per heavy atom. The molecule has 0 saturated carbocycles. The first-order valence-electron chi connectivity index (χ1n) is 13.3. The summed E-state index contributed by atoms with van der Waals surface area (Å²) in [4.78, 5) is 0. The fraction of sp³-hybridized carbons (Fsp3) is 0.484. The van der Waals surface area contributed by atoms with Gasteiger partial charge in [-0.25, -0.2) is 0 Å². The number of fused-ring (bicyclic) bond motifs is 2. The van der Waals surface area contributed by atoms with Crippen molar-refractivity contribution in [2.24, 2.45) is 0 Å². The van der Waals surface area contributed by atoms with Gasteiger partial charge in [0.25, 0.3) is 0 Å². The minimum absolute atomic E-state index is 0.0123. The maximum Gasteiger partial charge on any atom is 0.137 e. The maximum atomic E-state index is 10.2. The second kappa shape index (κ2) is 13.2. The molecule has 4 N–H and O–H groups in total. The molecule has 2 atom stereocenters. The van der Waals surface area contributed by atoms with Gasteiger partial charge in [-0.1, -0.05) is 63.3 Å². The van der Waals surface area contributed by atoms with E-state index >= 15 is 0 Å². The Morgan fingerprint density at radius 1 is 1.05 bits per heavy atom. The highest BCUT2D eigenvalue weighted by molar-refractivity contribution is 5.81. The number of benzene rings is 2. The summed E-state index contributed by atoms with van der Waals surface area (Å²) in [5.74, 6) is 1.50. The summed E-state index contributed by atoms with van der Waals surface area (Å²) >= 11 is 0. The van der Waals surface area contributed by atoms with E-state index in [4.69, 9.17) is 9.15 Å². The van der Waals surface area contributed by atoms with E-state index in [0.717, 1.165) is 35.1 Å². The van der Waals surface area contributed by atoms with E-state index in [1.165, 1.54) is 11.1 Å². The van der Waals surface area contributed by atoms with Crippen molar-refractivity contribution in [1.82, 2.24) is 10.6 Å². The number of allylic oxidation sites excluding steroid dienone is 1. The average Bonchev–Trinajstić information content (AvgIpc) is 3.52. The van der Waals surface area contributed by atoms with Gasteiger partial charge in [-0.15, -0.1) is 0 Å². The van der Waals surface area contributed by atoms with Gasteiger partial charge in [-0.05, 0) is 56.9 Å². The summed E-state index contributed by atoms with van der Waals surface area (Å²) in [5.41, 5.74) is 4.51. The molecular weight excluding hydrogens is 464 g/mol. The number of aliphatic hydroxyl groups is 2. The molecule has 6 nitrogen and oxygen atoms in total. The molecule has 0 radical (unpaired) electrons. The number of furan rings is 1. The molecule has 1 heterocycles. The summed E-state index contributed by atoms with van der Waals surface area (Å²) < 4.78 is 11.5. The molecule has 0 spiro atoms. The number of rotatable bonds is 10. The van der Waals surface area contributed by atoms with Crippen LogP contribution in [0.4, 0.5) is 0 Å². The number of para-hydroxylation sites is 1. The Labute approximate surface area is 221 Å². The van der Waals surface area contributed by atoms with E-state index in [2.05, 4.69) is 76.5 Å². The van der Waals surface area contributed by atoms with Gasteiger partial charge in [0.2, 0.25) is 0 Å². The van der Waals surface area contributed by atoms with Crippen LogP contribution in [0.5, 0.6) is 5.75 Å². The van der Waals surface area contributed by atoms with Crippen molar-refractivity contribution in [3.63, 3.8) is 0 Å². The van der Waals surface area contributed by atoms with Crippen molar-refractivity contribution in [2.45, 2.75) is 78.2 Å². The molecule has 2 unspecified atom stereocenters. The van der Waals surface area contributed by atoms with Crippen molar-refractivity contribution in [2.75, 3.05) is 19.7 Å². The molecule has 4 rings (SSSR count). The van der Waals surface area contributed by atoms with Gasteiger partial charge in [-0.3, -0.25) is 0 Å². The summed E-state index contributed by atoms with van der Waals surface area (Å²) in [6.45, 7) is 13.8. The first-order chi connectivity index (χ1) is 17.6. The molecule has 0 aliphatic heterocycles. The molecule has 1 aromatic heterocycles. The molecule has 1 aliphatic carbocycles. The third kappa shape index (κ3) is 8.71. The smallest absolute Gasteiger partial charge is 0.137 e. The van der Waals surface area contributed by atoms with Crippen molar-refractivity contribution in [3.8, 4) is 5.75 Å². The number of hydrogen-bond donors (Lipinski definition) is 4. The Hall–Kier alpha value is -2.64. The Morgan fingerprint density at radius 2 is 1.81 bits per heavy atom. The van der Waals surface area contributed by atoms with Crippen molar-refractivity contribution in [1.29, 1.82) is 0 Å². The van der Waals surface area contributed by atoms with Crippen LogP contribution < -0.4 is 15.4 Å². The minimum Gasteiger partial charge on any atom is -0.490 e. The lowest BCUT2D eigenvalue weighted by Gasteiger charge is -2.22. The number of aryl methyl sites for hydroxylation is 1. The molecule has 0 fully saturated rings. The molecule has 0 saturated heterocycles.